The molecule has 0 spiro atoms. The van der Waals surface area contributed by atoms with Gasteiger partial charge in [-0.15, -0.1) is 0 Å². The van der Waals surface area contributed by atoms with Crippen LogP contribution in [0, 0.1) is 17.8 Å². The Labute approximate surface area is 323 Å². The smallest absolute Gasteiger partial charge is 0.223 e. The number of ether oxygens (including phenoxy) is 3. The lowest BCUT2D eigenvalue weighted by Crippen LogP contribution is -2.32. The fourth-order valence-electron chi connectivity index (χ4n) is 6.82. The van der Waals surface area contributed by atoms with Crippen molar-refractivity contribution in [1.82, 2.24) is 14.7 Å². The van der Waals surface area contributed by atoms with Crippen molar-refractivity contribution in [2.24, 2.45) is 17.8 Å². The van der Waals surface area contributed by atoms with Gasteiger partial charge in [-0.05, 0) is 107 Å². The highest BCUT2D eigenvalue weighted by Gasteiger charge is 2.22. The quantitative estimate of drug-likeness (QED) is 0.184. The molecule has 0 saturated carbocycles. The maximum Gasteiger partial charge on any atom is 0.223 e. The van der Waals surface area contributed by atoms with Gasteiger partial charge in [-0.2, -0.15) is 0 Å². The monoisotopic (exact) mass is 741 g/mol. The van der Waals surface area contributed by atoms with Gasteiger partial charge in [0.2, 0.25) is 17.7 Å². The molecule has 0 atom stereocenters. The Morgan fingerprint density at radius 2 is 0.630 bits per heavy atom. The Morgan fingerprint density at radius 3 is 0.796 bits per heavy atom. The molecule has 0 unspecified atom stereocenters. The summed E-state index contributed by atoms with van der Waals surface area (Å²) in [4.78, 5) is 47.6. The molecule has 54 heavy (non-hydrogen) atoms. The van der Waals surface area contributed by atoms with Crippen LogP contribution >= 0.6 is 0 Å². The number of benzene rings is 3. The van der Waals surface area contributed by atoms with Crippen LogP contribution in [0.3, 0.4) is 0 Å². The van der Waals surface area contributed by atoms with Crippen LogP contribution < -0.4 is 14.2 Å². The molecular formula is C45H63N3O6. The molecule has 0 radical (unpaired) electrons. The van der Waals surface area contributed by atoms with Gasteiger partial charge in [0, 0.05) is 58.5 Å². The van der Waals surface area contributed by atoms with Gasteiger partial charge >= 0.3 is 0 Å². The summed E-state index contributed by atoms with van der Waals surface area (Å²) in [5.41, 5.74) is 5.54. The Bertz CT molecular complexity index is 1450. The fraction of sp³-hybridized carbons (Fsp3) is 0.533. The highest BCUT2D eigenvalue weighted by Crippen LogP contribution is 2.28. The second-order valence-electron chi connectivity index (χ2n) is 16.1. The summed E-state index contributed by atoms with van der Waals surface area (Å²) in [5.74, 6) is 3.39. The van der Waals surface area contributed by atoms with Crippen molar-refractivity contribution in [2.75, 3.05) is 21.3 Å². The third-order valence-electron chi connectivity index (χ3n) is 9.89. The Kier molecular flexibility index (Phi) is 15.8. The first kappa shape index (κ1) is 42.2. The summed E-state index contributed by atoms with van der Waals surface area (Å²) >= 11 is 0. The van der Waals surface area contributed by atoms with Gasteiger partial charge in [0.1, 0.15) is 17.2 Å². The molecule has 0 N–H and O–H groups in total. The lowest BCUT2D eigenvalue weighted by atomic mass is 10.0. The summed E-state index contributed by atoms with van der Waals surface area (Å²) < 4.78 is 17.3. The zero-order valence-corrected chi connectivity index (χ0v) is 34.2. The molecule has 9 nitrogen and oxygen atoms in total. The molecule has 1 aliphatic rings. The molecule has 0 fully saturated rings. The van der Waals surface area contributed by atoms with Crippen molar-refractivity contribution in [2.45, 2.75) is 119 Å². The maximum atomic E-state index is 14.0. The zero-order chi connectivity index (χ0) is 39.4. The van der Waals surface area contributed by atoms with Crippen LogP contribution in [-0.2, 0) is 53.7 Å². The van der Waals surface area contributed by atoms with E-state index in [0.717, 1.165) is 52.6 Å². The van der Waals surface area contributed by atoms with E-state index in [1.54, 1.807) is 21.3 Å². The average molecular weight is 742 g/mol. The van der Waals surface area contributed by atoms with Crippen LogP contribution in [-0.4, -0.2) is 53.8 Å². The Balaban J connectivity index is 1.89. The third-order valence-corrected chi connectivity index (χ3v) is 9.89. The molecule has 3 aromatic rings. The van der Waals surface area contributed by atoms with Crippen LogP contribution in [0.1, 0.15) is 113 Å². The molecule has 4 rings (SSSR count). The maximum absolute atomic E-state index is 14.0. The van der Waals surface area contributed by atoms with Gasteiger partial charge in [-0.3, -0.25) is 14.4 Å². The number of carbonyl (C=O) groups excluding carboxylic acids is 3. The minimum Gasteiger partial charge on any atom is -0.497 e. The van der Waals surface area contributed by atoms with Crippen LogP contribution in [0.25, 0.3) is 0 Å². The van der Waals surface area contributed by atoms with Crippen molar-refractivity contribution in [3.05, 3.63) is 88.0 Å². The molecule has 3 aromatic carbocycles. The molecular weight excluding hydrogens is 679 g/mol. The van der Waals surface area contributed by atoms with Crippen molar-refractivity contribution >= 4 is 17.7 Å². The van der Waals surface area contributed by atoms with Crippen LogP contribution in [0.5, 0.6) is 17.2 Å². The largest absolute Gasteiger partial charge is 0.497 e. The number of hydrogen-bond acceptors (Lipinski definition) is 6. The number of fused-ring (bicyclic) bond motifs is 6. The Hall–Kier alpha value is -4.53. The van der Waals surface area contributed by atoms with Crippen molar-refractivity contribution in [3.63, 3.8) is 0 Å². The molecule has 6 bridgehead atoms. The normalized spacial score (nSPS) is 13.9. The molecule has 294 valence electrons. The first-order chi connectivity index (χ1) is 25.7. The van der Waals surface area contributed by atoms with E-state index in [4.69, 9.17) is 14.2 Å². The van der Waals surface area contributed by atoms with Crippen LogP contribution in [0.4, 0.5) is 0 Å². The number of carbonyl (C=O) groups is 3. The fourth-order valence-corrected chi connectivity index (χ4v) is 6.82. The number of amides is 3. The predicted octanol–water partition coefficient (Wildman–Crippen LogP) is 8.92. The summed E-state index contributed by atoms with van der Waals surface area (Å²) in [6.07, 6.45) is 3.66. The van der Waals surface area contributed by atoms with Gasteiger partial charge in [-0.25, -0.2) is 0 Å². The standard InChI is InChI=1S/C45H63N3O6/c1-31(2)10-13-43(49)46-25-34-16-36(21-40(19-34)52-7)27-47(44(50)14-11-32(3)4)29-38-18-39(24-42(23-38)54-9)30-48(45(51)15-12-33(5)6)28-37-17-35(26-46)20-41(22-37)53-8/h16-24,31-33H,10-15,25-30H2,1-9H3. The minimum absolute atomic E-state index is 0.0651. The molecule has 1 aliphatic heterocycles. The van der Waals surface area contributed by atoms with Crippen molar-refractivity contribution in [3.8, 4) is 17.2 Å². The summed E-state index contributed by atoms with van der Waals surface area (Å²) in [6, 6.07) is 18.1. The number of hydrogen-bond donors (Lipinski definition) is 0. The molecule has 9 heteroatoms. The highest BCUT2D eigenvalue weighted by molar-refractivity contribution is 5.77. The molecule has 1 heterocycles. The number of nitrogens with zero attached hydrogens (tertiary/aromatic N) is 3. The molecule has 3 amide bonds. The predicted molar refractivity (Wildman–Crippen MR) is 214 cm³/mol. The average Bonchev–Trinajstić information content (AvgIpc) is 3.13. The summed E-state index contributed by atoms with van der Waals surface area (Å²) in [5, 5.41) is 0. The first-order valence-corrected chi connectivity index (χ1v) is 19.6. The first-order valence-electron chi connectivity index (χ1n) is 19.6. The molecule has 0 aromatic heterocycles. The van der Waals surface area contributed by atoms with Gasteiger partial charge in [0.05, 0.1) is 21.3 Å². The Morgan fingerprint density at radius 1 is 0.426 bits per heavy atom. The lowest BCUT2D eigenvalue weighted by molar-refractivity contribution is -0.133. The van der Waals surface area contributed by atoms with E-state index in [0.29, 0.717) is 93.5 Å². The van der Waals surface area contributed by atoms with Gasteiger partial charge in [-0.1, -0.05) is 59.7 Å². The van der Waals surface area contributed by atoms with Gasteiger partial charge in [0.15, 0.2) is 0 Å². The molecule has 0 saturated heterocycles. The van der Waals surface area contributed by atoms with Crippen molar-refractivity contribution < 1.29 is 28.6 Å². The van der Waals surface area contributed by atoms with E-state index in [1.165, 1.54) is 0 Å². The van der Waals surface area contributed by atoms with Gasteiger partial charge in [0.25, 0.3) is 0 Å². The van der Waals surface area contributed by atoms with E-state index in [-0.39, 0.29) is 17.7 Å². The van der Waals surface area contributed by atoms with E-state index in [2.05, 4.69) is 59.7 Å². The van der Waals surface area contributed by atoms with E-state index < -0.39 is 0 Å². The summed E-state index contributed by atoms with van der Waals surface area (Å²) in [6.45, 7) is 15.0. The van der Waals surface area contributed by atoms with Crippen LogP contribution in [0.2, 0.25) is 0 Å². The topological polar surface area (TPSA) is 88.6 Å². The SMILES string of the molecule is COc1cc2cc(c1)CN(C(=O)CCC(C)C)Cc1cc(cc(OC)c1)CN(C(=O)CCC(C)C)Cc1cc(cc(OC)c1)CN(C(=O)CCC(C)C)C2. The highest BCUT2D eigenvalue weighted by atomic mass is 16.5. The van der Waals surface area contributed by atoms with E-state index in [1.807, 2.05) is 51.1 Å². The van der Waals surface area contributed by atoms with E-state index in [9.17, 15) is 14.4 Å². The van der Waals surface area contributed by atoms with E-state index >= 15 is 0 Å². The van der Waals surface area contributed by atoms with Crippen LogP contribution in [0.15, 0.2) is 54.6 Å². The third kappa shape index (κ3) is 13.1. The van der Waals surface area contributed by atoms with Gasteiger partial charge < -0.3 is 28.9 Å². The summed E-state index contributed by atoms with van der Waals surface area (Å²) in [7, 11) is 4.93. The van der Waals surface area contributed by atoms with Crippen molar-refractivity contribution in [1.29, 1.82) is 0 Å². The second kappa shape index (κ2) is 20.2. The number of methoxy groups -OCH3 is 3. The second-order valence-corrected chi connectivity index (χ2v) is 16.1. The number of rotatable bonds is 12. The lowest BCUT2D eigenvalue weighted by Gasteiger charge is -2.28. The minimum atomic E-state index is 0.0651. The zero-order valence-electron chi connectivity index (χ0n) is 34.2. The molecule has 0 aliphatic carbocycles.